The van der Waals surface area contributed by atoms with Crippen molar-refractivity contribution in [2.45, 2.75) is 52.6 Å². The Hall–Kier alpha value is -0.570. The third-order valence-corrected chi connectivity index (χ3v) is 2.37. The standard InChI is InChI=1S/C11H22N2O/c1-5-6-7-13-9-14-11(3,4)8-10(2)12-13/h5-9H2,1-4H3. The van der Waals surface area contributed by atoms with Crippen LogP contribution in [0.1, 0.15) is 47.0 Å². The maximum absolute atomic E-state index is 5.78. The molecule has 0 saturated carbocycles. The van der Waals surface area contributed by atoms with Crippen molar-refractivity contribution < 1.29 is 4.74 Å². The second-order valence-electron chi connectivity index (χ2n) is 4.63. The van der Waals surface area contributed by atoms with E-state index in [2.05, 4.69) is 32.8 Å². The number of hydrogen-bond donors (Lipinski definition) is 0. The highest BCUT2D eigenvalue weighted by atomic mass is 16.5. The second kappa shape index (κ2) is 4.78. The van der Waals surface area contributed by atoms with Gasteiger partial charge in [0.1, 0.15) is 6.73 Å². The van der Waals surface area contributed by atoms with Crippen LogP contribution in [-0.4, -0.2) is 29.6 Å². The van der Waals surface area contributed by atoms with Crippen LogP contribution in [0.25, 0.3) is 0 Å². The monoisotopic (exact) mass is 198 g/mol. The fourth-order valence-corrected chi connectivity index (χ4v) is 1.68. The van der Waals surface area contributed by atoms with Crippen molar-refractivity contribution in [1.29, 1.82) is 0 Å². The topological polar surface area (TPSA) is 24.8 Å². The van der Waals surface area contributed by atoms with E-state index < -0.39 is 0 Å². The maximum atomic E-state index is 5.78. The van der Waals surface area contributed by atoms with E-state index in [0.29, 0.717) is 6.73 Å². The minimum absolute atomic E-state index is 0.0610. The molecule has 3 nitrogen and oxygen atoms in total. The molecule has 1 aliphatic heterocycles. The average Bonchev–Trinajstić information content (AvgIpc) is 2.20. The highest BCUT2D eigenvalue weighted by molar-refractivity contribution is 5.82. The summed E-state index contributed by atoms with van der Waals surface area (Å²) in [5, 5.41) is 6.57. The third kappa shape index (κ3) is 3.66. The summed E-state index contributed by atoms with van der Waals surface area (Å²) in [6, 6.07) is 0. The summed E-state index contributed by atoms with van der Waals surface area (Å²) in [6.07, 6.45) is 3.31. The molecule has 0 amide bonds. The van der Waals surface area contributed by atoms with Gasteiger partial charge in [-0.15, -0.1) is 0 Å². The van der Waals surface area contributed by atoms with Gasteiger partial charge in [-0.3, -0.25) is 5.01 Å². The van der Waals surface area contributed by atoms with Crippen LogP contribution in [0.15, 0.2) is 5.10 Å². The molecule has 0 radical (unpaired) electrons. The molecule has 0 N–H and O–H groups in total. The summed E-state index contributed by atoms with van der Waals surface area (Å²) < 4.78 is 5.78. The zero-order chi connectivity index (χ0) is 10.6. The number of nitrogens with zero attached hydrogens (tertiary/aromatic N) is 2. The van der Waals surface area contributed by atoms with Crippen molar-refractivity contribution >= 4 is 5.71 Å². The number of hydrogen-bond acceptors (Lipinski definition) is 3. The van der Waals surface area contributed by atoms with Crippen molar-refractivity contribution in [3.05, 3.63) is 0 Å². The van der Waals surface area contributed by atoms with Gasteiger partial charge in [0.25, 0.3) is 0 Å². The number of ether oxygens (including phenoxy) is 1. The zero-order valence-electron chi connectivity index (χ0n) is 9.84. The molecule has 0 fully saturated rings. The van der Waals surface area contributed by atoms with Gasteiger partial charge in [-0.2, -0.15) is 5.10 Å². The van der Waals surface area contributed by atoms with Gasteiger partial charge in [-0.05, 0) is 27.2 Å². The lowest BCUT2D eigenvalue weighted by Crippen LogP contribution is -2.29. The predicted molar refractivity (Wildman–Crippen MR) is 59.4 cm³/mol. The molecular weight excluding hydrogens is 176 g/mol. The van der Waals surface area contributed by atoms with Crippen LogP contribution in [-0.2, 0) is 4.74 Å². The summed E-state index contributed by atoms with van der Waals surface area (Å²) in [7, 11) is 0. The van der Waals surface area contributed by atoms with Crippen LogP contribution in [0.2, 0.25) is 0 Å². The molecule has 1 aliphatic rings. The van der Waals surface area contributed by atoms with Crippen molar-refractivity contribution in [3.8, 4) is 0 Å². The van der Waals surface area contributed by atoms with Crippen molar-refractivity contribution in [1.82, 2.24) is 5.01 Å². The quantitative estimate of drug-likeness (QED) is 0.696. The lowest BCUT2D eigenvalue weighted by atomic mass is 10.0. The molecule has 0 saturated heterocycles. The summed E-state index contributed by atoms with van der Waals surface area (Å²) in [4.78, 5) is 0. The minimum Gasteiger partial charge on any atom is -0.353 e. The Morgan fingerprint density at radius 1 is 1.50 bits per heavy atom. The summed E-state index contributed by atoms with van der Waals surface area (Å²) in [5.41, 5.74) is 1.11. The Morgan fingerprint density at radius 2 is 2.21 bits per heavy atom. The summed E-state index contributed by atoms with van der Waals surface area (Å²) in [5.74, 6) is 0. The molecule has 0 unspecified atom stereocenters. The fourth-order valence-electron chi connectivity index (χ4n) is 1.68. The first kappa shape index (κ1) is 11.5. The number of unbranched alkanes of at least 4 members (excludes halogenated alkanes) is 1. The number of hydrazone groups is 1. The van der Waals surface area contributed by atoms with Gasteiger partial charge in [0.05, 0.1) is 5.60 Å². The largest absolute Gasteiger partial charge is 0.353 e. The van der Waals surface area contributed by atoms with Crippen LogP contribution < -0.4 is 0 Å². The maximum Gasteiger partial charge on any atom is 0.135 e. The Bertz CT molecular complexity index is 211. The van der Waals surface area contributed by atoms with Crippen molar-refractivity contribution in [3.63, 3.8) is 0 Å². The summed E-state index contributed by atoms with van der Waals surface area (Å²) in [6.45, 7) is 10.1. The van der Waals surface area contributed by atoms with Crippen LogP contribution in [0.5, 0.6) is 0 Å². The minimum atomic E-state index is -0.0610. The van der Waals surface area contributed by atoms with Gasteiger partial charge in [0, 0.05) is 18.7 Å². The molecule has 1 heterocycles. The molecule has 1 rings (SSSR count). The van der Waals surface area contributed by atoms with Gasteiger partial charge >= 0.3 is 0 Å². The lowest BCUT2D eigenvalue weighted by Gasteiger charge is -2.24. The zero-order valence-corrected chi connectivity index (χ0v) is 9.84. The van der Waals surface area contributed by atoms with Crippen molar-refractivity contribution in [2.75, 3.05) is 13.3 Å². The molecule has 0 aromatic carbocycles. The molecule has 0 bridgehead atoms. The molecule has 82 valence electrons. The van der Waals surface area contributed by atoms with Crippen molar-refractivity contribution in [2.24, 2.45) is 5.10 Å². The van der Waals surface area contributed by atoms with E-state index in [9.17, 15) is 0 Å². The van der Waals surface area contributed by atoms with E-state index in [1.165, 1.54) is 18.6 Å². The SMILES string of the molecule is CCCCN1COC(C)(C)CC(C)=N1. The van der Waals surface area contributed by atoms with E-state index in [1.807, 2.05) is 5.01 Å². The summed E-state index contributed by atoms with van der Waals surface area (Å²) >= 11 is 0. The Morgan fingerprint density at radius 3 is 2.86 bits per heavy atom. The van der Waals surface area contributed by atoms with Crippen LogP contribution in [0, 0.1) is 0 Å². The van der Waals surface area contributed by atoms with Crippen LogP contribution >= 0.6 is 0 Å². The van der Waals surface area contributed by atoms with Gasteiger partial charge in [0.15, 0.2) is 0 Å². The van der Waals surface area contributed by atoms with E-state index in [0.717, 1.165) is 13.0 Å². The lowest BCUT2D eigenvalue weighted by molar-refractivity contribution is -0.0621. The first-order valence-corrected chi connectivity index (χ1v) is 5.46. The van der Waals surface area contributed by atoms with E-state index in [4.69, 9.17) is 4.74 Å². The molecule has 3 heteroatoms. The molecule has 0 spiro atoms. The van der Waals surface area contributed by atoms with Crippen LogP contribution in [0.3, 0.4) is 0 Å². The normalized spacial score (nSPS) is 21.7. The Kier molecular flexibility index (Phi) is 3.93. The molecule has 0 aromatic rings. The Labute approximate surface area is 87.1 Å². The first-order chi connectivity index (χ1) is 6.53. The third-order valence-electron chi connectivity index (χ3n) is 2.37. The van der Waals surface area contributed by atoms with E-state index in [1.54, 1.807) is 0 Å². The second-order valence-corrected chi connectivity index (χ2v) is 4.63. The van der Waals surface area contributed by atoms with Gasteiger partial charge in [-0.1, -0.05) is 13.3 Å². The highest BCUT2D eigenvalue weighted by Gasteiger charge is 2.23. The molecule has 14 heavy (non-hydrogen) atoms. The van der Waals surface area contributed by atoms with Gasteiger partial charge in [0.2, 0.25) is 0 Å². The van der Waals surface area contributed by atoms with Gasteiger partial charge in [-0.25, -0.2) is 0 Å². The molecule has 0 atom stereocenters. The van der Waals surface area contributed by atoms with E-state index >= 15 is 0 Å². The highest BCUT2D eigenvalue weighted by Crippen LogP contribution is 2.19. The Balaban J connectivity index is 2.52. The molecular formula is C11H22N2O. The van der Waals surface area contributed by atoms with E-state index in [-0.39, 0.29) is 5.60 Å². The molecule has 0 aromatic heterocycles. The fraction of sp³-hybridized carbons (Fsp3) is 0.909. The van der Waals surface area contributed by atoms with Crippen LogP contribution in [0.4, 0.5) is 0 Å². The first-order valence-electron chi connectivity index (χ1n) is 5.46. The number of rotatable bonds is 3. The molecule has 0 aliphatic carbocycles. The average molecular weight is 198 g/mol. The smallest absolute Gasteiger partial charge is 0.135 e. The predicted octanol–water partition coefficient (Wildman–Crippen LogP) is 2.62. The van der Waals surface area contributed by atoms with Gasteiger partial charge < -0.3 is 4.74 Å².